The van der Waals surface area contributed by atoms with Gasteiger partial charge in [-0.2, -0.15) is 0 Å². The molecule has 0 radical (unpaired) electrons. The lowest BCUT2D eigenvalue weighted by Crippen LogP contribution is -2.67. The van der Waals surface area contributed by atoms with Crippen molar-refractivity contribution in [1.82, 2.24) is 15.2 Å². The molecule has 0 saturated carbocycles. The Kier molecular flexibility index (Phi) is 5.78. The summed E-state index contributed by atoms with van der Waals surface area (Å²) in [6, 6.07) is 15.7. The Morgan fingerprint density at radius 1 is 1.14 bits per heavy atom. The van der Waals surface area contributed by atoms with Crippen LogP contribution in [0.2, 0.25) is 0 Å². The number of nitrogens with one attached hydrogen (secondary N) is 1. The number of rotatable bonds is 6. The number of thiazole rings is 1. The van der Waals surface area contributed by atoms with Crippen LogP contribution in [0.1, 0.15) is 45.5 Å². The van der Waals surface area contributed by atoms with E-state index in [1.54, 1.807) is 12.3 Å². The highest BCUT2D eigenvalue weighted by Crippen LogP contribution is 2.44. The van der Waals surface area contributed by atoms with Crippen LogP contribution in [-0.4, -0.2) is 63.4 Å². The minimum absolute atomic E-state index is 0.0477. The molecule has 0 bridgehead atoms. The van der Waals surface area contributed by atoms with Crippen LogP contribution >= 0.6 is 11.3 Å². The van der Waals surface area contributed by atoms with Crippen LogP contribution in [0, 0.1) is 0 Å². The highest BCUT2D eigenvalue weighted by Gasteiger charge is 2.50. The van der Waals surface area contributed by atoms with E-state index in [0.717, 1.165) is 22.3 Å². The average Bonchev–Trinajstić information content (AvgIpc) is 3.44. The van der Waals surface area contributed by atoms with Gasteiger partial charge in [0.15, 0.2) is 5.60 Å². The summed E-state index contributed by atoms with van der Waals surface area (Å²) in [5.74, 6) is -1.87. The van der Waals surface area contributed by atoms with Gasteiger partial charge in [0.2, 0.25) is 0 Å². The molecule has 2 heterocycles. The van der Waals surface area contributed by atoms with Crippen LogP contribution in [0.3, 0.4) is 0 Å². The van der Waals surface area contributed by atoms with Gasteiger partial charge >= 0.3 is 12.1 Å². The van der Waals surface area contributed by atoms with Crippen molar-refractivity contribution in [2.75, 3.05) is 19.7 Å². The second kappa shape index (κ2) is 8.79. The van der Waals surface area contributed by atoms with E-state index in [4.69, 9.17) is 9.84 Å². The fraction of sp³-hybridized carbons (Fsp3) is 0.280. The van der Waals surface area contributed by atoms with Gasteiger partial charge in [-0.1, -0.05) is 48.5 Å². The standard InChI is InChI=1S/C25H23N3O6S/c1-14(21-27-20(11-35-21)22(29)28-12-25(33,13-28)23(30)31)26-24(32)34-10-19-17-8-4-2-6-15(17)16-7-3-5-9-18(16)19/h2-9,11,14,19,33H,10,12-13H2,1H3,(H,26,32)(H,30,31). The number of likely N-dealkylation sites (tertiary alicyclic amines) is 1. The van der Waals surface area contributed by atoms with E-state index in [0.29, 0.717) is 5.01 Å². The van der Waals surface area contributed by atoms with Gasteiger partial charge < -0.3 is 25.2 Å². The maximum atomic E-state index is 12.5. The van der Waals surface area contributed by atoms with E-state index in [9.17, 15) is 19.5 Å². The van der Waals surface area contributed by atoms with E-state index in [-0.39, 0.29) is 31.3 Å². The molecule has 3 aromatic rings. The zero-order valence-electron chi connectivity index (χ0n) is 18.8. The first-order valence-electron chi connectivity index (χ1n) is 11.1. The number of carbonyl (C=O) groups excluding carboxylic acids is 2. The normalized spacial score (nSPS) is 16.6. The van der Waals surface area contributed by atoms with Crippen molar-refractivity contribution in [3.05, 3.63) is 75.7 Å². The first-order valence-corrected chi connectivity index (χ1v) is 12.0. The Morgan fingerprint density at radius 3 is 2.34 bits per heavy atom. The van der Waals surface area contributed by atoms with Gasteiger partial charge in [0.05, 0.1) is 19.1 Å². The molecule has 1 saturated heterocycles. The number of ether oxygens (including phenoxy) is 1. The molecule has 0 spiro atoms. The van der Waals surface area contributed by atoms with Gasteiger partial charge in [-0.05, 0) is 29.2 Å². The maximum Gasteiger partial charge on any atom is 0.407 e. The summed E-state index contributed by atoms with van der Waals surface area (Å²) < 4.78 is 5.56. The van der Waals surface area contributed by atoms with E-state index in [1.807, 2.05) is 36.4 Å². The van der Waals surface area contributed by atoms with Crippen LogP contribution in [0.25, 0.3) is 11.1 Å². The number of carbonyl (C=O) groups is 3. The molecule has 35 heavy (non-hydrogen) atoms. The smallest absolute Gasteiger partial charge is 0.407 e. The lowest BCUT2D eigenvalue weighted by molar-refractivity contribution is -0.173. The predicted molar refractivity (Wildman–Crippen MR) is 127 cm³/mol. The molecule has 1 aliphatic heterocycles. The summed E-state index contributed by atoms with van der Waals surface area (Å²) >= 11 is 1.20. The summed E-state index contributed by atoms with van der Waals surface area (Å²) in [7, 11) is 0. The fourth-order valence-electron chi connectivity index (χ4n) is 4.49. The average molecular weight is 494 g/mol. The SMILES string of the molecule is CC(NC(=O)OCC1c2ccccc2-c2ccccc21)c1nc(C(=O)N2CC(O)(C(=O)O)C2)cs1. The Bertz CT molecular complexity index is 1270. The summed E-state index contributed by atoms with van der Waals surface area (Å²) in [4.78, 5) is 41.5. The van der Waals surface area contributed by atoms with Gasteiger partial charge in [-0.25, -0.2) is 14.6 Å². The minimum Gasteiger partial charge on any atom is -0.479 e. The second-order valence-electron chi connectivity index (χ2n) is 8.76. The number of carboxylic acids is 1. The maximum absolute atomic E-state index is 12.5. The van der Waals surface area contributed by atoms with E-state index in [2.05, 4.69) is 22.4 Å². The number of benzene rings is 2. The minimum atomic E-state index is -1.91. The van der Waals surface area contributed by atoms with Gasteiger partial charge in [0, 0.05) is 11.3 Å². The monoisotopic (exact) mass is 493 g/mol. The molecule has 1 aromatic heterocycles. The predicted octanol–water partition coefficient (Wildman–Crippen LogP) is 3.01. The molecule has 180 valence electrons. The third-order valence-corrected chi connectivity index (χ3v) is 7.41. The number of β-amino-alcohol motifs (C(OH)–C–C–N with tert-alkyl or cyclic N) is 1. The molecule has 1 unspecified atom stereocenters. The number of amides is 2. The molecule has 2 aromatic carbocycles. The second-order valence-corrected chi connectivity index (χ2v) is 9.65. The lowest BCUT2D eigenvalue weighted by Gasteiger charge is -2.42. The number of fused-ring (bicyclic) bond motifs is 3. The lowest BCUT2D eigenvalue weighted by atomic mass is 9.94. The molecule has 9 nitrogen and oxygen atoms in total. The van der Waals surface area contributed by atoms with Crippen LogP contribution < -0.4 is 5.32 Å². The molecule has 1 fully saturated rings. The number of hydrogen-bond donors (Lipinski definition) is 3. The third kappa shape index (κ3) is 4.15. The summed E-state index contributed by atoms with van der Waals surface area (Å²) in [5.41, 5.74) is 2.77. The molecule has 2 amide bonds. The highest BCUT2D eigenvalue weighted by molar-refractivity contribution is 7.09. The van der Waals surface area contributed by atoms with E-state index in [1.165, 1.54) is 16.2 Å². The number of aliphatic carboxylic acids is 1. The van der Waals surface area contributed by atoms with Gasteiger partial charge in [-0.3, -0.25) is 4.79 Å². The summed E-state index contributed by atoms with van der Waals surface area (Å²) in [6.07, 6.45) is -0.586. The number of hydrogen-bond acceptors (Lipinski definition) is 7. The van der Waals surface area contributed by atoms with Crippen molar-refractivity contribution in [2.45, 2.75) is 24.5 Å². The quantitative estimate of drug-likeness (QED) is 0.481. The fourth-order valence-corrected chi connectivity index (χ4v) is 5.29. The van der Waals surface area contributed by atoms with Crippen molar-refractivity contribution in [3.8, 4) is 11.1 Å². The topological polar surface area (TPSA) is 129 Å². The molecule has 3 N–H and O–H groups in total. The molecule has 1 aliphatic carbocycles. The third-order valence-electron chi connectivity index (χ3n) is 6.38. The Balaban J connectivity index is 1.18. The summed E-state index contributed by atoms with van der Waals surface area (Å²) in [6.45, 7) is 1.35. The van der Waals surface area contributed by atoms with Crippen LogP contribution in [0.4, 0.5) is 4.79 Å². The Hall–Kier alpha value is -3.76. The molecular weight excluding hydrogens is 470 g/mol. The highest BCUT2D eigenvalue weighted by atomic mass is 32.1. The van der Waals surface area contributed by atoms with Crippen LogP contribution in [-0.2, 0) is 9.53 Å². The molecule has 5 rings (SSSR count). The zero-order chi connectivity index (χ0) is 24.7. The number of nitrogens with zero attached hydrogens (tertiary/aromatic N) is 2. The number of aliphatic hydroxyl groups is 1. The molecule has 1 atom stereocenters. The van der Waals surface area contributed by atoms with Crippen molar-refractivity contribution < 1.29 is 29.3 Å². The number of aromatic nitrogens is 1. The van der Waals surface area contributed by atoms with Gasteiger partial charge in [0.1, 0.15) is 17.3 Å². The molecular formula is C25H23N3O6S. The zero-order valence-corrected chi connectivity index (χ0v) is 19.6. The van der Waals surface area contributed by atoms with Crippen molar-refractivity contribution >= 4 is 29.3 Å². The molecule has 10 heteroatoms. The van der Waals surface area contributed by atoms with Crippen molar-refractivity contribution in [3.63, 3.8) is 0 Å². The van der Waals surface area contributed by atoms with Gasteiger partial charge in [-0.15, -0.1) is 11.3 Å². The first kappa shape index (κ1) is 23.0. The van der Waals surface area contributed by atoms with Gasteiger partial charge in [0.25, 0.3) is 5.91 Å². The number of alkyl carbamates (subject to hydrolysis) is 1. The van der Waals surface area contributed by atoms with Crippen LogP contribution in [0.15, 0.2) is 53.9 Å². The summed E-state index contributed by atoms with van der Waals surface area (Å²) in [5, 5.41) is 23.6. The first-order chi connectivity index (χ1) is 16.8. The van der Waals surface area contributed by atoms with E-state index >= 15 is 0 Å². The van der Waals surface area contributed by atoms with Crippen molar-refractivity contribution in [2.24, 2.45) is 0 Å². The van der Waals surface area contributed by atoms with Crippen molar-refractivity contribution in [1.29, 1.82) is 0 Å². The molecule has 2 aliphatic rings. The Labute approximate surface area is 205 Å². The largest absolute Gasteiger partial charge is 0.479 e. The van der Waals surface area contributed by atoms with Crippen LogP contribution in [0.5, 0.6) is 0 Å². The Morgan fingerprint density at radius 2 is 1.74 bits per heavy atom. The number of carboxylic acid groups (broad SMARTS) is 1. The van der Waals surface area contributed by atoms with E-state index < -0.39 is 29.6 Å².